The lowest BCUT2D eigenvalue weighted by Crippen LogP contribution is -2.06. The van der Waals surface area contributed by atoms with E-state index < -0.39 is 0 Å². The second-order valence-electron chi connectivity index (χ2n) is 5.31. The number of aromatic nitrogens is 2. The second kappa shape index (κ2) is 4.86. The molecule has 2 nitrogen and oxygen atoms in total. The van der Waals surface area contributed by atoms with Gasteiger partial charge in [-0.1, -0.05) is 12.1 Å². The van der Waals surface area contributed by atoms with E-state index in [4.69, 9.17) is 12.2 Å². The molecule has 0 fully saturated rings. The Morgan fingerprint density at radius 2 is 2.00 bits per heavy atom. The van der Waals surface area contributed by atoms with Gasteiger partial charge in [-0.3, -0.25) is 0 Å². The van der Waals surface area contributed by atoms with E-state index >= 15 is 0 Å². The quantitative estimate of drug-likeness (QED) is 0.637. The molecule has 104 valence electrons. The van der Waals surface area contributed by atoms with Crippen LogP contribution in [0.1, 0.15) is 33.8 Å². The number of nitrogens with zero attached hydrogens (tertiary/aromatic N) is 1. The molecule has 1 N–H and O–H groups in total. The normalized spacial score (nSPS) is 13.0. The van der Waals surface area contributed by atoms with Crippen LogP contribution in [0.4, 0.5) is 0 Å². The summed E-state index contributed by atoms with van der Waals surface area (Å²) >= 11 is 7.40. The Labute approximate surface area is 128 Å². The highest BCUT2D eigenvalue weighted by atomic mass is 32.1. The molecule has 0 aliphatic heterocycles. The molecule has 0 aliphatic carbocycles. The standard InChI is InChI=1S/C16H18N2S2/c1-9-6-5-7-14-15(9)17-16(19)18(14)11(3)13-8-10(2)20-12(13)4/h5-8,11H,1-4H3,(H,17,19). The molecule has 0 spiro atoms. The fraction of sp³-hybridized carbons (Fsp3) is 0.312. The van der Waals surface area contributed by atoms with Gasteiger partial charge in [0.15, 0.2) is 4.77 Å². The third-order valence-corrected chi connectivity index (χ3v) is 5.16. The molecule has 0 saturated heterocycles. The minimum Gasteiger partial charge on any atom is -0.330 e. The topological polar surface area (TPSA) is 20.7 Å². The molecule has 0 radical (unpaired) electrons. The monoisotopic (exact) mass is 302 g/mol. The molecule has 1 unspecified atom stereocenters. The van der Waals surface area contributed by atoms with E-state index in [2.05, 4.69) is 61.5 Å². The number of para-hydroxylation sites is 1. The lowest BCUT2D eigenvalue weighted by molar-refractivity contribution is 0.648. The number of fused-ring (bicyclic) bond motifs is 1. The lowest BCUT2D eigenvalue weighted by atomic mass is 10.1. The Kier molecular flexibility index (Phi) is 3.30. The first-order valence-corrected chi connectivity index (χ1v) is 7.98. The molecular weight excluding hydrogens is 284 g/mol. The van der Waals surface area contributed by atoms with Crippen molar-refractivity contribution in [3.05, 3.63) is 49.9 Å². The fourth-order valence-corrected chi connectivity index (χ4v) is 4.26. The smallest absolute Gasteiger partial charge is 0.178 e. The summed E-state index contributed by atoms with van der Waals surface area (Å²) in [7, 11) is 0. The van der Waals surface area contributed by atoms with Crippen LogP contribution in [0, 0.1) is 25.5 Å². The van der Waals surface area contributed by atoms with E-state index in [1.165, 1.54) is 26.4 Å². The van der Waals surface area contributed by atoms with Crippen molar-refractivity contribution >= 4 is 34.6 Å². The summed E-state index contributed by atoms with van der Waals surface area (Å²) in [5.74, 6) is 0. The Bertz CT molecular complexity index is 836. The van der Waals surface area contributed by atoms with Crippen molar-refractivity contribution in [1.82, 2.24) is 9.55 Å². The summed E-state index contributed by atoms with van der Waals surface area (Å²) in [6.07, 6.45) is 0. The van der Waals surface area contributed by atoms with Gasteiger partial charge < -0.3 is 9.55 Å². The summed E-state index contributed by atoms with van der Waals surface area (Å²) in [5.41, 5.74) is 4.93. The predicted octanol–water partition coefficient (Wildman–Crippen LogP) is 5.29. The molecule has 3 rings (SSSR count). The molecule has 0 aliphatic rings. The number of H-pyrrole nitrogens is 1. The zero-order chi connectivity index (χ0) is 14.4. The molecule has 1 atom stereocenters. The molecule has 20 heavy (non-hydrogen) atoms. The maximum absolute atomic E-state index is 5.55. The number of nitrogens with one attached hydrogen (secondary N) is 1. The van der Waals surface area contributed by atoms with Crippen LogP contribution < -0.4 is 0 Å². The van der Waals surface area contributed by atoms with E-state index in [-0.39, 0.29) is 6.04 Å². The number of aromatic amines is 1. The highest BCUT2D eigenvalue weighted by Crippen LogP contribution is 2.31. The van der Waals surface area contributed by atoms with Gasteiger partial charge in [-0.05, 0) is 63.2 Å². The summed E-state index contributed by atoms with van der Waals surface area (Å²) in [6, 6.07) is 8.88. The molecule has 1 aromatic carbocycles. The third kappa shape index (κ3) is 2.03. The molecular formula is C16H18N2S2. The Hall–Kier alpha value is -1.39. The number of thiophene rings is 1. The number of aryl methyl sites for hydroxylation is 3. The largest absolute Gasteiger partial charge is 0.330 e. The van der Waals surface area contributed by atoms with Crippen molar-refractivity contribution < 1.29 is 0 Å². The van der Waals surface area contributed by atoms with Crippen molar-refractivity contribution in [3.8, 4) is 0 Å². The van der Waals surface area contributed by atoms with Crippen LogP contribution in [0.3, 0.4) is 0 Å². The van der Waals surface area contributed by atoms with E-state index in [0.717, 1.165) is 10.3 Å². The maximum atomic E-state index is 5.55. The van der Waals surface area contributed by atoms with Crippen LogP contribution in [-0.2, 0) is 0 Å². The van der Waals surface area contributed by atoms with Gasteiger partial charge >= 0.3 is 0 Å². The van der Waals surface area contributed by atoms with E-state index in [0.29, 0.717) is 0 Å². The lowest BCUT2D eigenvalue weighted by Gasteiger charge is -2.15. The van der Waals surface area contributed by atoms with E-state index in [9.17, 15) is 0 Å². The van der Waals surface area contributed by atoms with Crippen molar-refractivity contribution in [2.45, 2.75) is 33.7 Å². The first kappa shape index (κ1) is 13.6. The minimum atomic E-state index is 0.253. The van der Waals surface area contributed by atoms with Gasteiger partial charge in [-0.2, -0.15) is 0 Å². The predicted molar refractivity (Wildman–Crippen MR) is 89.5 cm³/mol. The van der Waals surface area contributed by atoms with Crippen molar-refractivity contribution in [2.24, 2.45) is 0 Å². The number of imidazole rings is 1. The average molecular weight is 302 g/mol. The zero-order valence-electron chi connectivity index (χ0n) is 12.2. The first-order valence-electron chi connectivity index (χ1n) is 6.76. The molecule has 3 aromatic rings. The first-order chi connectivity index (χ1) is 9.49. The van der Waals surface area contributed by atoms with Crippen LogP contribution in [0.25, 0.3) is 11.0 Å². The number of hydrogen-bond donors (Lipinski definition) is 1. The summed E-state index contributed by atoms with van der Waals surface area (Å²) in [4.78, 5) is 6.08. The Morgan fingerprint density at radius 1 is 1.25 bits per heavy atom. The summed E-state index contributed by atoms with van der Waals surface area (Å²) in [6.45, 7) is 8.68. The maximum Gasteiger partial charge on any atom is 0.178 e. The molecule has 0 saturated carbocycles. The average Bonchev–Trinajstić information content (AvgIpc) is 2.89. The van der Waals surface area contributed by atoms with Crippen LogP contribution in [0.15, 0.2) is 24.3 Å². The van der Waals surface area contributed by atoms with Gasteiger partial charge in [-0.25, -0.2) is 0 Å². The molecule has 0 bridgehead atoms. The van der Waals surface area contributed by atoms with Gasteiger partial charge in [0, 0.05) is 9.75 Å². The second-order valence-corrected chi connectivity index (χ2v) is 7.16. The Morgan fingerprint density at radius 3 is 2.65 bits per heavy atom. The Balaban J connectivity index is 2.24. The summed E-state index contributed by atoms with van der Waals surface area (Å²) in [5, 5.41) is 0. The van der Waals surface area contributed by atoms with Crippen molar-refractivity contribution in [2.75, 3.05) is 0 Å². The van der Waals surface area contributed by atoms with Crippen molar-refractivity contribution in [3.63, 3.8) is 0 Å². The zero-order valence-corrected chi connectivity index (χ0v) is 13.8. The number of benzene rings is 1. The van der Waals surface area contributed by atoms with Crippen LogP contribution in [0.5, 0.6) is 0 Å². The van der Waals surface area contributed by atoms with Crippen LogP contribution in [0.2, 0.25) is 0 Å². The third-order valence-electron chi connectivity index (χ3n) is 3.88. The molecule has 0 amide bonds. The van der Waals surface area contributed by atoms with Crippen LogP contribution >= 0.6 is 23.6 Å². The van der Waals surface area contributed by atoms with Gasteiger partial charge in [0.1, 0.15) is 0 Å². The number of hydrogen-bond acceptors (Lipinski definition) is 2. The van der Waals surface area contributed by atoms with Crippen molar-refractivity contribution in [1.29, 1.82) is 0 Å². The van der Waals surface area contributed by atoms with E-state index in [1.54, 1.807) is 0 Å². The molecule has 2 aromatic heterocycles. The number of rotatable bonds is 2. The van der Waals surface area contributed by atoms with Gasteiger partial charge in [0.25, 0.3) is 0 Å². The summed E-state index contributed by atoms with van der Waals surface area (Å²) < 4.78 is 3.02. The van der Waals surface area contributed by atoms with Gasteiger partial charge in [-0.15, -0.1) is 11.3 Å². The van der Waals surface area contributed by atoms with Gasteiger partial charge in [0.05, 0.1) is 17.1 Å². The molecule has 2 heterocycles. The van der Waals surface area contributed by atoms with E-state index in [1.807, 2.05) is 11.3 Å². The van der Waals surface area contributed by atoms with Crippen LogP contribution in [-0.4, -0.2) is 9.55 Å². The molecule has 4 heteroatoms. The fourth-order valence-electron chi connectivity index (χ4n) is 2.88. The minimum absolute atomic E-state index is 0.253. The SMILES string of the molecule is Cc1cc(C(C)n2c(=S)[nH]c3c(C)cccc32)c(C)s1. The van der Waals surface area contributed by atoms with Gasteiger partial charge in [0.2, 0.25) is 0 Å². The highest BCUT2D eigenvalue weighted by Gasteiger charge is 2.17. The highest BCUT2D eigenvalue weighted by molar-refractivity contribution is 7.71.